The summed E-state index contributed by atoms with van der Waals surface area (Å²) in [6, 6.07) is 10.6. The third-order valence-corrected chi connectivity index (χ3v) is 5.60. The third kappa shape index (κ3) is 2.54. The minimum Gasteiger partial charge on any atom is -0.325 e. The highest BCUT2D eigenvalue weighted by Crippen LogP contribution is 2.44. The molecule has 1 amide bonds. The molecule has 0 saturated carbocycles. The van der Waals surface area contributed by atoms with Gasteiger partial charge in [0.2, 0.25) is 5.91 Å². The molecule has 2 aromatic rings. The van der Waals surface area contributed by atoms with Crippen molar-refractivity contribution in [3.8, 4) is 0 Å². The first-order chi connectivity index (χ1) is 12.0. The van der Waals surface area contributed by atoms with E-state index in [2.05, 4.69) is 5.32 Å². The van der Waals surface area contributed by atoms with Crippen LogP contribution in [0.3, 0.4) is 0 Å². The van der Waals surface area contributed by atoms with Gasteiger partial charge in [0.1, 0.15) is 11.6 Å². The number of aryl methyl sites for hydroxylation is 1. The largest absolute Gasteiger partial charge is 0.325 e. The summed E-state index contributed by atoms with van der Waals surface area (Å²) in [5, 5.41) is 2.97. The van der Waals surface area contributed by atoms with Gasteiger partial charge in [-0.2, -0.15) is 0 Å². The summed E-state index contributed by atoms with van der Waals surface area (Å²) in [7, 11) is 0. The van der Waals surface area contributed by atoms with Gasteiger partial charge >= 0.3 is 0 Å². The summed E-state index contributed by atoms with van der Waals surface area (Å²) < 4.78 is 28.2. The van der Waals surface area contributed by atoms with Crippen molar-refractivity contribution < 1.29 is 13.6 Å². The van der Waals surface area contributed by atoms with Crippen molar-refractivity contribution in [1.82, 2.24) is 4.90 Å². The van der Waals surface area contributed by atoms with Gasteiger partial charge in [-0.05, 0) is 56.1 Å². The minimum absolute atomic E-state index is 0.0428. The van der Waals surface area contributed by atoms with Gasteiger partial charge in [0.25, 0.3) is 0 Å². The van der Waals surface area contributed by atoms with Crippen LogP contribution in [0.1, 0.15) is 29.5 Å². The third-order valence-electron chi connectivity index (χ3n) is 5.60. The molecule has 5 heteroatoms. The molecule has 0 atom stereocenters. The van der Waals surface area contributed by atoms with Crippen LogP contribution >= 0.6 is 0 Å². The lowest BCUT2D eigenvalue weighted by atomic mass is 9.73. The Balaban J connectivity index is 1.53. The van der Waals surface area contributed by atoms with Crippen LogP contribution in [0.5, 0.6) is 0 Å². The highest BCUT2D eigenvalue weighted by molar-refractivity contribution is 6.06. The molecule has 1 N–H and O–H groups in total. The molecule has 0 aromatic heterocycles. The van der Waals surface area contributed by atoms with Crippen LogP contribution in [-0.2, 0) is 16.8 Å². The molecule has 0 aliphatic carbocycles. The van der Waals surface area contributed by atoms with E-state index in [4.69, 9.17) is 0 Å². The Bertz CT molecular complexity index is 842. The number of carbonyl (C=O) groups is 1. The maximum atomic E-state index is 14.2. The molecule has 0 bridgehead atoms. The molecular weight excluding hydrogens is 322 g/mol. The number of hydrogen-bond acceptors (Lipinski definition) is 2. The summed E-state index contributed by atoms with van der Waals surface area (Å²) in [5.74, 6) is -0.933. The fourth-order valence-corrected chi connectivity index (χ4v) is 4.05. The van der Waals surface area contributed by atoms with Crippen molar-refractivity contribution in [2.75, 3.05) is 18.4 Å². The first kappa shape index (κ1) is 16.2. The van der Waals surface area contributed by atoms with E-state index in [0.29, 0.717) is 31.5 Å². The van der Waals surface area contributed by atoms with Gasteiger partial charge in [-0.25, -0.2) is 8.78 Å². The van der Waals surface area contributed by atoms with E-state index in [0.717, 1.165) is 11.3 Å². The van der Waals surface area contributed by atoms with Crippen LogP contribution in [0, 0.1) is 18.6 Å². The van der Waals surface area contributed by atoms with Gasteiger partial charge in [0.15, 0.2) is 0 Å². The molecule has 2 aliphatic heterocycles. The number of para-hydroxylation sites is 1. The second-order valence-corrected chi connectivity index (χ2v) is 7.01. The maximum absolute atomic E-state index is 14.2. The van der Waals surface area contributed by atoms with E-state index in [1.54, 1.807) is 6.92 Å². The Morgan fingerprint density at radius 1 is 1.12 bits per heavy atom. The summed E-state index contributed by atoms with van der Waals surface area (Å²) >= 11 is 0. The smallest absolute Gasteiger partial charge is 0.235 e. The molecule has 2 heterocycles. The van der Waals surface area contributed by atoms with Crippen LogP contribution in [0.2, 0.25) is 0 Å². The second kappa shape index (κ2) is 5.92. The Morgan fingerprint density at radius 3 is 2.60 bits per heavy atom. The number of anilines is 1. The fourth-order valence-electron chi connectivity index (χ4n) is 4.05. The van der Waals surface area contributed by atoms with Crippen LogP contribution in [0.15, 0.2) is 36.4 Å². The van der Waals surface area contributed by atoms with Crippen molar-refractivity contribution >= 4 is 11.6 Å². The molecule has 2 aromatic carbocycles. The zero-order chi connectivity index (χ0) is 17.6. The lowest BCUT2D eigenvalue weighted by molar-refractivity contribution is -0.122. The number of amides is 1. The number of rotatable bonds is 2. The zero-order valence-electron chi connectivity index (χ0n) is 14.1. The standard InChI is InChI=1S/C20H20F2N2O/c1-13-6-7-16(21)14(18(13)22)12-24-10-8-20(9-11-24)15-4-2-3-5-17(15)23-19(20)25/h2-7H,8-12H2,1H3,(H,23,25). The first-order valence-corrected chi connectivity index (χ1v) is 8.58. The van der Waals surface area contributed by atoms with E-state index in [9.17, 15) is 13.6 Å². The SMILES string of the molecule is Cc1ccc(F)c(CN2CCC3(CC2)C(=O)Nc2ccccc23)c1F. The second-order valence-electron chi connectivity index (χ2n) is 7.01. The van der Waals surface area contributed by atoms with Gasteiger partial charge in [0.05, 0.1) is 5.41 Å². The Morgan fingerprint density at radius 2 is 1.84 bits per heavy atom. The van der Waals surface area contributed by atoms with Gasteiger partial charge in [-0.1, -0.05) is 24.3 Å². The predicted octanol–water partition coefficient (Wildman–Crippen LogP) is 3.76. The van der Waals surface area contributed by atoms with Crippen LogP contribution in [-0.4, -0.2) is 23.9 Å². The monoisotopic (exact) mass is 342 g/mol. The van der Waals surface area contributed by atoms with Crippen molar-refractivity contribution in [3.63, 3.8) is 0 Å². The van der Waals surface area contributed by atoms with Crippen LogP contribution in [0.25, 0.3) is 0 Å². The normalized spacial score (nSPS) is 19.1. The lowest BCUT2D eigenvalue weighted by Crippen LogP contribution is -2.46. The molecule has 0 radical (unpaired) electrons. The van der Waals surface area contributed by atoms with Gasteiger partial charge in [-0.3, -0.25) is 9.69 Å². The molecule has 0 unspecified atom stereocenters. The number of nitrogens with zero attached hydrogens (tertiary/aromatic N) is 1. The maximum Gasteiger partial charge on any atom is 0.235 e. The molecule has 2 aliphatic rings. The number of halogens is 2. The van der Waals surface area contributed by atoms with Crippen molar-refractivity contribution in [2.24, 2.45) is 0 Å². The van der Waals surface area contributed by atoms with E-state index >= 15 is 0 Å². The number of benzene rings is 2. The molecule has 1 fully saturated rings. The minimum atomic E-state index is -0.507. The predicted molar refractivity (Wildman–Crippen MR) is 92.4 cm³/mol. The molecule has 25 heavy (non-hydrogen) atoms. The molecule has 3 nitrogen and oxygen atoms in total. The highest BCUT2D eigenvalue weighted by Gasteiger charge is 2.48. The number of fused-ring (bicyclic) bond motifs is 2. The Labute approximate surface area is 145 Å². The number of carbonyl (C=O) groups excluding carboxylic acids is 1. The molecular formula is C20H20F2N2O. The zero-order valence-corrected chi connectivity index (χ0v) is 14.1. The van der Waals surface area contributed by atoms with Crippen molar-refractivity contribution in [2.45, 2.75) is 31.7 Å². The van der Waals surface area contributed by atoms with Crippen LogP contribution < -0.4 is 5.32 Å². The summed E-state index contributed by atoms with van der Waals surface area (Å²) in [4.78, 5) is 14.6. The molecule has 1 saturated heterocycles. The van der Waals surface area contributed by atoms with Gasteiger partial charge in [-0.15, -0.1) is 0 Å². The van der Waals surface area contributed by atoms with Crippen molar-refractivity contribution in [1.29, 1.82) is 0 Å². The molecule has 4 rings (SSSR count). The average molecular weight is 342 g/mol. The lowest BCUT2D eigenvalue weighted by Gasteiger charge is -2.38. The van der Waals surface area contributed by atoms with E-state index in [1.165, 1.54) is 12.1 Å². The quantitative estimate of drug-likeness (QED) is 0.901. The van der Waals surface area contributed by atoms with E-state index < -0.39 is 17.0 Å². The summed E-state index contributed by atoms with van der Waals surface area (Å²) in [5.41, 5.74) is 2.00. The number of likely N-dealkylation sites (tertiary alicyclic amines) is 1. The van der Waals surface area contributed by atoms with E-state index in [1.807, 2.05) is 29.2 Å². The molecule has 130 valence electrons. The Kier molecular flexibility index (Phi) is 3.84. The number of hydrogen-bond donors (Lipinski definition) is 1. The van der Waals surface area contributed by atoms with Gasteiger partial charge < -0.3 is 5.32 Å². The molecule has 1 spiro atoms. The fraction of sp³-hybridized carbons (Fsp3) is 0.350. The number of piperidine rings is 1. The first-order valence-electron chi connectivity index (χ1n) is 8.58. The van der Waals surface area contributed by atoms with Crippen molar-refractivity contribution in [3.05, 3.63) is 64.7 Å². The van der Waals surface area contributed by atoms with Crippen LogP contribution in [0.4, 0.5) is 14.5 Å². The Hall–Kier alpha value is -2.27. The van der Waals surface area contributed by atoms with Gasteiger partial charge in [0, 0.05) is 17.8 Å². The average Bonchev–Trinajstić information content (AvgIpc) is 2.89. The van der Waals surface area contributed by atoms with E-state index in [-0.39, 0.29) is 18.0 Å². The summed E-state index contributed by atoms with van der Waals surface area (Å²) in [6.07, 6.45) is 1.32. The summed E-state index contributed by atoms with van der Waals surface area (Å²) in [6.45, 7) is 3.14. The highest BCUT2D eigenvalue weighted by atomic mass is 19.1. The topological polar surface area (TPSA) is 32.3 Å². The number of nitrogens with one attached hydrogen (secondary N) is 1.